The molecule has 2 aliphatic heterocycles. The highest BCUT2D eigenvalue weighted by molar-refractivity contribution is 6.08. The highest BCUT2D eigenvalue weighted by atomic mass is 19.1. The number of hydrogen-bond acceptors (Lipinski definition) is 5. The maximum absolute atomic E-state index is 13.4. The van der Waals surface area contributed by atoms with Gasteiger partial charge in [0.2, 0.25) is 11.9 Å². The average Bonchev–Trinajstić information content (AvgIpc) is 2.73. The fourth-order valence-corrected chi connectivity index (χ4v) is 3.80. The molecule has 0 bridgehead atoms. The number of hydrogen-bond donors (Lipinski definition) is 1. The van der Waals surface area contributed by atoms with Crippen LogP contribution in [0.3, 0.4) is 0 Å². The van der Waals surface area contributed by atoms with Crippen LogP contribution in [0.1, 0.15) is 29.7 Å². The van der Waals surface area contributed by atoms with Crippen LogP contribution in [-0.2, 0) is 27.3 Å². The van der Waals surface area contributed by atoms with Gasteiger partial charge in [0.05, 0.1) is 6.61 Å². The van der Waals surface area contributed by atoms with E-state index >= 15 is 0 Å². The molecule has 1 amide bonds. The number of nitrogens with one attached hydrogen (secondary N) is 1. The summed E-state index contributed by atoms with van der Waals surface area (Å²) in [4.78, 5) is 32.0. The molecule has 4 rings (SSSR count). The summed E-state index contributed by atoms with van der Waals surface area (Å²) in [7, 11) is 0. The molecule has 0 radical (unpaired) electrons. The number of benzene rings is 2. The minimum absolute atomic E-state index is 0.165. The number of guanidine groups is 1. The van der Waals surface area contributed by atoms with Crippen molar-refractivity contribution in [3.05, 3.63) is 71.0 Å². The van der Waals surface area contributed by atoms with E-state index in [0.717, 1.165) is 6.42 Å². The molecule has 1 N–H and O–H groups in total. The molecule has 0 fully saturated rings. The Morgan fingerprint density at radius 2 is 1.93 bits per heavy atom. The summed E-state index contributed by atoms with van der Waals surface area (Å²) < 4.78 is 18.5. The molecule has 0 aromatic heterocycles. The van der Waals surface area contributed by atoms with E-state index in [0.29, 0.717) is 24.6 Å². The van der Waals surface area contributed by atoms with Crippen LogP contribution in [0.15, 0.2) is 53.5 Å². The summed E-state index contributed by atoms with van der Waals surface area (Å²) in [5.41, 5.74) is 3.06. The predicted octanol–water partition coefficient (Wildman–Crippen LogP) is 2.59. The zero-order valence-electron chi connectivity index (χ0n) is 16.1. The van der Waals surface area contributed by atoms with Crippen molar-refractivity contribution in [3.63, 3.8) is 0 Å². The maximum Gasteiger partial charge on any atom is 0.321 e. The monoisotopic (exact) mass is 395 g/mol. The summed E-state index contributed by atoms with van der Waals surface area (Å²) >= 11 is 0. The molecule has 7 heteroatoms. The zero-order valence-corrected chi connectivity index (χ0v) is 16.1. The first-order chi connectivity index (χ1) is 14.1. The third kappa shape index (κ3) is 3.85. The SMILES string of the molecule is CCOC(=O)[C@@H]1C(=O)NC(N2CCc3ccccc3C2)=N[C@H]1c1ccc(F)cc1. The van der Waals surface area contributed by atoms with Gasteiger partial charge in [-0.1, -0.05) is 36.4 Å². The van der Waals surface area contributed by atoms with Gasteiger partial charge >= 0.3 is 5.97 Å². The first-order valence-electron chi connectivity index (χ1n) is 9.69. The van der Waals surface area contributed by atoms with Crippen LogP contribution >= 0.6 is 0 Å². The van der Waals surface area contributed by atoms with Crippen molar-refractivity contribution in [2.75, 3.05) is 13.2 Å². The van der Waals surface area contributed by atoms with E-state index in [4.69, 9.17) is 9.73 Å². The smallest absolute Gasteiger partial charge is 0.321 e. The standard InChI is InChI=1S/C22H22FN3O3/c1-2-29-21(28)18-19(15-7-9-17(23)10-8-15)24-22(25-20(18)27)26-12-11-14-5-3-4-6-16(14)13-26/h3-10,18-19H,2,11-13H2,1H3,(H,24,25,27)/t18-,19-/m0/s1. The normalized spacial score (nSPS) is 21.1. The molecule has 0 saturated carbocycles. The number of esters is 1. The van der Waals surface area contributed by atoms with Crippen LogP contribution in [0, 0.1) is 11.7 Å². The van der Waals surface area contributed by atoms with Crippen molar-refractivity contribution in [2.24, 2.45) is 10.9 Å². The molecular weight excluding hydrogens is 373 g/mol. The molecule has 0 spiro atoms. The van der Waals surface area contributed by atoms with Crippen molar-refractivity contribution in [1.82, 2.24) is 10.2 Å². The molecule has 0 aliphatic carbocycles. The molecular formula is C22H22FN3O3. The van der Waals surface area contributed by atoms with Crippen molar-refractivity contribution >= 4 is 17.8 Å². The Labute approximate surface area is 168 Å². The van der Waals surface area contributed by atoms with E-state index in [9.17, 15) is 14.0 Å². The number of ether oxygens (including phenoxy) is 1. The average molecular weight is 395 g/mol. The van der Waals surface area contributed by atoms with Gasteiger partial charge in [-0.3, -0.25) is 14.9 Å². The molecule has 0 unspecified atom stereocenters. The second-order valence-electron chi connectivity index (χ2n) is 7.11. The molecule has 29 heavy (non-hydrogen) atoms. The van der Waals surface area contributed by atoms with E-state index in [-0.39, 0.29) is 6.61 Å². The fraction of sp³-hybridized carbons (Fsp3) is 0.318. The summed E-state index contributed by atoms with van der Waals surface area (Å²) in [5, 5.41) is 2.78. The summed E-state index contributed by atoms with van der Waals surface area (Å²) in [6.45, 7) is 3.18. The van der Waals surface area contributed by atoms with Crippen molar-refractivity contribution in [2.45, 2.75) is 25.9 Å². The van der Waals surface area contributed by atoms with Crippen LogP contribution in [0.5, 0.6) is 0 Å². The lowest BCUT2D eigenvalue weighted by Crippen LogP contribution is -2.53. The number of fused-ring (bicyclic) bond motifs is 1. The Bertz CT molecular complexity index is 958. The third-order valence-corrected chi connectivity index (χ3v) is 5.28. The molecule has 150 valence electrons. The van der Waals surface area contributed by atoms with Crippen LogP contribution in [0.25, 0.3) is 0 Å². The molecule has 2 aliphatic rings. The predicted molar refractivity (Wildman–Crippen MR) is 105 cm³/mol. The van der Waals surface area contributed by atoms with Gasteiger partial charge in [-0.2, -0.15) is 0 Å². The minimum atomic E-state index is -1.11. The number of aliphatic imine (C=N–C) groups is 1. The maximum atomic E-state index is 13.4. The lowest BCUT2D eigenvalue weighted by molar-refractivity contribution is -0.153. The van der Waals surface area contributed by atoms with E-state index in [1.54, 1.807) is 19.1 Å². The topological polar surface area (TPSA) is 71.0 Å². The number of rotatable bonds is 3. The largest absolute Gasteiger partial charge is 0.465 e. The van der Waals surface area contributed by atoms with Crippen LogP contribution in [-0.4, -0.2) is 35.9 Å². The van der Waals surface area contributed by atoms with Gasteiger partial charge in [0, 0.05) is 13.1 Å². The highest BCUT2D eigenvalue weighted by Gasteiger charge is 2.42. The van der Waals surface area contributed by atoms with Crippen molar-refractivity contribution < 1.29 is 18.7 Å². The molecule has 2 heterocycles. The van der Waals surface area contributed by atoms with Gasteiger partial charge in [0.1, 0.15) is 11.9 Å². The van der Waals surface area contributed by atoms with Crippen molar-refractivity contribution in [1.29, 1.82) is 0 Å². The number of nitrogens with zero attached hydrogens (tertiary/aromatic N) is 2. The van der Waals surface area contributed by atoms with Crippen LogP contribution in [0.2, 0.25) is 0 Å². The minimum Gasteiger partial charge on any atom is -0.465 e. The van der Waals surface area contributed by atoms with Gasteiger partial charge in [-0.05, 0) is 42.2 Å². The van der Waals surface area contributed by atoms with E-state index in [2.05, 4.69) is 17.4 Å². The Kier molecular flexibility index (Phi) is 5.29. The fourth-order valence-electron chi connectivity index (χ4n) is 3.80. The first kappa shape index (κ1) is 19.1. The molecule has 2 atom stereocenters. The van der Waals surface area contributed by atoms with E-state index < -0.39 is 29.7 Å². The number of carbonyl (C=O) groups excluding carboxylic acids is 2. The molecule has 2 aromatic rings. The third-order valence-electron chi connectivity index (χ3n) is 5.28. The van der Waals surface area contributed by atoms with Gasteiger partial charge in [-0.25, -0.2) is 9.38 Å². The van der Waals surface area contributed by atoms with Crippen LogP contribution < -0.4 is 5.32 Å². The summed E-state index contributed by atoms with van der Waals surface area (Å²) in [6, 6.07) is 13.1. The Hall–Kier alpha value is -3.22. The van der Waals surface area contributed by atoms with Gasteiger partial charge in [0.25, 0.3) is 0 Å². The van der Waals surface area contributed by atoms with Gasteiger partial charge < -0.3 is 9.64 Å². The Morgan fingerprint density at radius 3 is 2.66 bits per heavy atom. The van der Waals surface area contributed by atoms with Crippen molar-refractivity contribution in [3.8, 4) is 0 Å². The van der Waals surface area contributed by atoms with Crippen LogP contribution in [0.4, 0.5) is 4.39 Å². The quantitative estimate of drug-likeness (QED) is 0.641. The summed E-state index contributed by atoms with van der Waals surface area (Å²) in [6.07, 6.45) is 0.841. The Morgan fingerprint density at radius 1 is 1.21 bits per heavy atom. The van der Waals surface area contributed by atoms with E-state index in [1.165, 1.54) is 23.3 Å². The first-order valence-corrected chi connectivity index (χ1v) is 9.69. The second-order valence-corrected chi connectivity index (χ2v) is 7.11. The van der Waals surface area contributed by atoms with E-state index in [1.807, 2.05) is 17.0 Å². The molecule has 6 nitrogen and oxygen atoms in total. The molecule has 2 aromatic carbocycles. The Balaban J connectivity index is 1.68. The second kappa shape index (κ2) is 8.03. The lowest BCUT2D eigenvalue weighted by atomic mass is 9.91. The lowest BCUT2D eigenvalue weighted by Gasteiger charge is -2.36. The summed E-state index contributed by atoms with van der Waals surface area (Å²) in [5.74, 6) is -2.16. The number of halogens is 1. The highest BCUT2D eigenvalue weighted by Crippen LogP contribution is 2.31. The van der Waals surface area contributed by atoms with Gasteiger partial charge in [-0.15, -0.1) is 0 Å². The number of amides is 1. The number of carbonyl (C=O) groups is 2. The van der Waals surface area contributed by atoms with Gasteiger partial charge in [0.15, 0.2) is 5.92 Å². The zero-order chi connectivity index (χ0) is 20.4. The molecule has 0 saturated heterocycles.